The fourth-order valence-corrected chi connectivity index (χ4v) is 8.61. The van der Waals surface area contributed by atoms with Gasteiger partial charge in [0.25, 0.3) is 0 Å². The van der Waals surface area contributed by atoms with E-state index in [4.69, 9.17) is 23.7 Å². The maximum atomic E-state index is 13.9. The van der Waals surface area contributed by atoms with E-state index in [1.807, 2.05) is 122 Å². The smallest absolute Gasteiger partial charge is 0.308 e. The lowest BCUT2D eigenvalue weighted by Gasteiger charge is -2.43. The fourth-order valence-electron chi connectivity index (χ4n) is 8.61. The Morgan fingerprint density at radius 3 is 1.10 bits per heavy atom. The van der Waals surface area contributed by atoms with E-state index in [0.717, 1.165) is 65.9 Å². The Balaban J connectivity index is 0.964. The minimum atomic E-state index is -1.49. The molecule has 8 aromatic rings. The minimum Gasteiger partial charge on any atom is -0.455 e. The molecule has 0 amide bonds. The number of carbonyl (C=O) groups excluding carboxylic acids is 4. The third-order valence-corrected chi connectivity index (χ3v) is 11.9. The van der Waals surface area contributed by atoms with Crippen LogP contribution >= 0.6 is 0 Å². The molecule has 0 radical (unpaired) electrons. The van der Waals surface area contributed by atoms with Crippen molar-refractivity contribution >= 4 is 67.5 Å². The van der Waals surface area contributed by atoms with E-state index in [9.17, 15) is 19.2 Å². The third kappa shape index (κ3) is 9.24. The number of hydrogen-bond acceptors (Lipinski definition) is 9. The zero-order valence-electron chi connectivity index (χ0n) is 34.8. The molecule has 1 aliphatic rings. The molecule has 5 atom stereocenters. The first-order chi connectivity index (χ1) is 30.8. The van der Waals surface area contributed by atoms with Crippen LogP contribution in [0, 0.1) is 0 Å². The lowest BCUT2D eigenvalue weighted by Crippen LogP contribution is -2.61. The van der Waals surface area contributed by atoms with Gasteiger partial charge in [0.05, 0.1) is 6.10 Å². The fraction of sp³-hybridized carbons (Fsp3) is 0.280. The van der Waals surface area contributed by atoms with Crippen LogP contribution in [0.15, 0.2) is 122 Å². The summed E-state index contributed by atoms with van der Waals surface area (Å²) in [4.78, 5) is 68.1. The van der Waals surface area contributed by atoms with E-state index in [1.54, 1.807) is 6.92 Å². The van der Waals surface area contributed by atoms with Gasteiger partial charge in [-0.25, -0.2) is 0 Å². The first-order valence-corrected chi connectivity index (χ1v) is 21.4. The second-order valence-electron chi connectivity index (χ2n) is 16.0. The van der Waals surface area contributed by atoms with E-state index in [-0.39, 0.29) is 25.7 Å². The Labute approximate surface area is 362 Å². The summed E-state index contributed by atoms with van der Waals surface area (Å²) in [5.41, 5.74) is 7.48. The summed E-state index contributed by atoms with van der Waals surface area (Å²) < 4.78 is 30.7. The molecule has 9 rings (SSSR count). The molecule has 1 saturated heterocycles. The number of hydrogen-bond donors (Lipinski definition) is 4. The number of aromatic nitrogens is 4. The molecule has 4 N–H and O–H groups in total. The van der Waals surface area contributed by atoms with Crippen molar-refractivity contribution in [3.05, 3.63) is 144 Å². The van der Waals surface area contributed by atoms with Crippen LogP contribution in [0.25, 0.3) is 43.6 Å². The molecule has 1 fully saturated rings. The summed E-state index contributed by atoms with van der Waals surface area (Å²) in [5, 5.41) is 3.94. The summed E-state index contributed by atoms with van der Waals surface area (Å²) in [6, 6.07) is 31.2. The van der Waals surface area contributed by atoms with Gasteiger partial charge in [-0.3, -0.25) is 19.2 Å². The highest BCUT2D eigenvalue weighted by Gasteiger charge is 2.52. The van der Waals surface area contributed by atoms with Gasteiger partial charge in [0, 0.05) is 94.1 Å². The molecular formula is C50H48N4O9. The topological polar surface area (TPSA) is 178 Å². The van der Waals surface area contributed by atoms with Gasteiger partial charge in [0.1, 0.15) is 0 Å². The Morgan fingerprint density at radius 1 is 0.429 bits per heavy atom. The highest BCUT2D eigenvalue weighted by Crippen LogP contribution is 2.32. The van der Waals surface area contributed by atoms with Crippen molar-refractivity contribution in [3.8, 4) is 0 Å². The molecule has 0 saturated carbocycles. The van der Waals surface area contributed by atoms with Crippen LogP contribution in [0.4, 0.5) is 0 Å². The predicted molar refractivity (Wildman–Crippen MR) is 237 cm³/mol. The summed E-state index contributed by atoms with van der Waals surface area (Å²) in [6.07, 6.45) is 2.26. The second-order valence-corrected chi connectivity index (χ2v) is 16.0. The van der Waals surface area contributed by atoms with Crippen LogP contribution in [0.5, 0.6) is 0 Å². The van der Waals surface area contributed by atoms with Crippen LogP contribution in [0.3, 0.4) is 0 Å². The van der Waals surface area contributed by atoms with Gasteiger partial charge >= 0.3 is 23.9 Å². The SMILES string of the molecule is CC1OC(OC(=O)CCc2c[nH]c3ccccc23)C(OC(=O)CCc2c[nH]c3ccccc23)C(OC(=O)CCc2c[nH]c3ccccc23)C1OC(=O)CCc1c[nH]c2ccccc12. The highest BCUT2D eigenvalue weighted by atomic mass is 16.7. The zero-order valence-corrected chi connectivity index (χ0v) is 34.8. The molecular weight excluding hydrogens is 801 g/mol. The first kappa shape index (κ1) is 41.2. The third-order valence-electron chi connectivity index (χ3n) is 11.9. The zero-order chi connectivity index (χ0) is 43.3. The summed E-state index contributed by atoms with van der Waals surface area (Å²) in [6.45, 7) is 1.65. The Morgan fingerprint density at radius 2 is 0.730 bits per heavy atom. The molecule has 0 bridgehead atoms. The number of aromatic amines is 4. The van der Waals surface area contributed by atoms with Crippen molar-refractivity contribution in [2.45, 2.75) is 89.0 Å². The van der Waals surface area contributed by atoms with Crippen molar-refractivity contribution in [3.63, 3.8) is 0 Å². The van der Waals surface area contributed by atoms with Gasteiger partial charge < -0.3 is 43.6 Å². The number of nitrogens with one attached hydrogen (secondary N) is 4. The van der Waals surface area contributed by atoms with Crippen LogP contribution in [-0.2, 0) is 68.5 Å². The van der Waals surface area contributed by atoms with Crippen molar-refractivity contribution in [2.75, 3.05) is 0 Å². The molecule has 0 aliphatic carbocycles. The molecule has 322 valence electrons. The van der Waals surface area contributed by atoms with Gasteiger partial charge in [-0.05, 0) is 79.1 Å². The molecule has 13 heteroatoms. The lowest BCUT2D eigenvalue weighted by molar-refractivity contribution is -0.294. The van der Waals surface area contributed by atoms with Crippen LogP contribution in [-0.4, -0.2) is 74.5 Å². The Hall–Kier alpha value is -7.12. The van der Waals surface area contributed by atoms with Gasteiger partial charge in [-0.2, -0.15) is 0 Å². The van der Waals surface area contributed by atoms with E-state index in [1.165, 1.54) is 0 Å². The number of para-hydroxylation sites is 4. The number of carbonyl (C=O) groups is 4. The Bertz CT molecular complexity index is 2900. The minimum absolute atomic E-state index is 0.00756. The van der Waals surface area contributed by atoms with Crippen molar-refractivity contribution in [1.29, 1.82) is 0 Å². The quantitative estimate of drug-likeness (QED) is 0.0549. The van der Waals surface area contributed by atoms with Crippen LogP contribution < -0.4 is 0 Å². The number of benzene rings is 4. The summed E-state index contributed by atoms with van der Waals surface area (Å²) in [5.74, 6) is -2.45. The maximum Gasteiger partial charge on any atom is 0.308 e. The van der Waals surface area contributed by atoms with Crippen molar-refractivity contribution in [1.82, 2.24) is 19.9 Å². The monoisotopic (exact) mass is 848 g/mol. The number of esters is 4. The standard InChI is InChI=1S/C50H48N4O9/c1-30-47(60-43(55)22-18-31-26-51-39-14-6-2-10-35(31)39)48(61-44(56)23-19-32-27-52-40-15-7-3-11-36(32)40)49(62-45(57)24-20-33-28-53-41-16-8-4-12-37(33)41)50(59-30)63-46(58)25-21-34-29-54-42-17-9-5-13-38(34)42/h2-17,26-30,47-54H,18-25H2,1H3. The molecule has 63 heavy (non-hydrogen) atoms. The molecule has 1 aliphatic heterocycles. The molecule has 5 heterocycles. The second kappa shape index (κ2) is 18.5. The average Bonchev–Trinajstić information content (AvgIpc) is 4.11. The number of fused-ring (bicyclic) bond motifs is 4. The van der Waals surface area contributed by atoms with Crippen molar-refractivity contribution < 1.29 is 42.9 Å². The van der Waals surface area contributed by atoms with E-state index in [0.29, 0.717) is 25.7 Å². The first-order valence-electron chi connectivity index (χ1n) is 21.4. The van der Waals surface area contributed by atoms with Gasteiger partial charge in [-0.1, -0.05) is 72.8 Å². The van der Waals surface area contributed by atoms with Crippen molar-refractivity contribution in [2.24, 2.45) is 0 Å². The molecule has 0 spiro atoms. The molecule has 4 aromatic carbocycles. The molecule has 5 unspecified atom stereocenters. The number of ether oxygens (including phenoxy) is 5. The summed E-state index contributed by atoms with van der Waals surface area (Å²) in [7, 11) is 0. The predicted octanol–water partition coefficient (Wildman–Crippen LogP) is 8.47. The number of H-pyrrole nitrogens is 4. The van der Waals surface area contributed by atoms with Gasteiger partial charge in [-0.15, -0.1) is 0 Å². The number of rotatable bonds is 16. The Kier molecular flexibility index (Phi) is 12.1. The molecule has 13 nitrogen and oxygen atoms in total. The number of aryl methyl sites for hydroxylation is 4. The maximum absolute atomic E-state index is 13.9. The highest BCUT2D eigenvalue weighted by molar-refractivity contribution is 5.86. The molecule has 4 aromatic heterocycles. The van der Waals surface area contributed by atoms with Crippen LogP contribution in [0.2, 0.25) is 0 Å². The van der Waals surface area contributed by atoms with Gasteiger partial charge in [0.15, 0.2) is 12.2 Å². The van der Waals surface area contributed by atoms with Crippen LogP contribution in [0.1, 0.15) is 54.9 Å². The van der Waals surface area contributed by atoms with E-state index in [2.05, 4.69) is 19.9 Å². The van der Waals surface area contributed by atoms with Gasteiger partial charge in [0.2, 0.25) is 12.4 Å². The van der Waals surface area contributed by atoms with E-state index >= 15 is 0 Å². The van der Waals surface area contributed by atoms with E-state index < -0.39 is 54.6 Å². The average molecular weight is 849 g/mol. The lowest BCUT2D eigenvalue weighted by atomic mass is 9.98. The largest absolute Gasteiger partial charge is 0.455 e. The summed E-state index contributed by atoms with van der Waals surface area (Å²) >= 11 is 0. The normalized spacial score (nSPS) is 18.8.